The van der Waals surface area contributed by atoms with Crippen LogP contribution in [0.25, 0.3) is 0 Å². The van der Waals surface area contributed by atoms with Crippen molar-refractivity contribution in [3.05, 3.63) is 27.2 Å². The van der Waals surface area contributed by atoms with Crippen LogP contribution in [0.15, 0.2) is 12.1 Å². The molecule has 1 heterocycles. The predicted molar refractivity (Wildman–Crippen MR) is 67.9 cm³/mol. The molecule has 88 valence electrons. The topological polar surface area (TPSA) is 21.3 Å². The van der Waals surface area contributed by atoms with Crippen molar-refractivity contribution in [3.8, 4) is 5.75 Å². The lowest BCUT2D eigenvalue weighted by molar-refractivity contribution is 0.260. The Bertz CT molecular complexity index is 354. The quantitative estimate of drug-likeness (QED) is 0.913. The molecule has 0 saturated carbocycles. The van der Waals surface area contributed by atoms with Gasteiger partial charge in [0.05, 0.1) is 16.7 Å². The van der Waals surface area contributed by atoms with E-state index in [2.05, 4.69) is 5.32 Å². The van der Waals surface area contributed by atoms with Crippen molar-refractivity contribution in [2.75, 3.05) is 19.7 Å². The van der Waals surface area contributed by atoms with Crippen molar-refractivity contribution in [2.24, 2.45) is 5.92 Å². The Morgan fingerprint density at radius 2 is 1.94 bits per heavy atom. The fourth-order valence-electron chi connectivity index (χ4n) is 1.72. The third-order valence-corrected chi connectivity index (χ3v) is 3.37. The van der Waals surface area contributed by atoms with Crippen molar-refractivity contribution >= 4 is 34.8 Å². The molecule has 5 heteroatoms. The summed E-state index contributed by atoms with van der Waals surface area (Å²) in [7, 11) is 0. The summed E-state index contributed by atoms with van der Waals surface area (Å²) in [6, 6.07) is 3.27. The van der Waals surface area contributed by atoms with Gasteiger partial charge >= 0.3 is 0 Å². The van der Waals surface area contributed by atoms with Gasteiger partial charge in [0.25, 0.3) is 0 Å². The van der Waals surface area contributed by atoms with Gasteiger partial charge in [-0.1, -0.05) is 34.8 Å². The number of ether oxygens (including phenoxy) is 1. The molecule has 16 heavy (non-hydrogen) atoms. The van der Waals surface area contributed by atoms with Gasteiger partial charge in [-0.3, -0.25) is 0 Å². The van der Waals surface area contributed by atoms with E-state index in [9.17, 15) is 0 Å². The van der Waals surface area contributed by atoms with Crippen LogP contribution in [0.1, 0.15) is 6.42 Å². The Balaban J connectivity index is 2.03. The van der Waals surface area contributed by atoms with Gasteiger partial charge in [0, 0.05) is 17.5 Å². The predicted octanol–water partition coefficient (Wildman–Crippen LogP) is 3.64. The smallest absolute Gasteiger partial charge is 0.156 e. The molecule has 1 aromatic carbocycles. The highest BCUT2D eigenvalue weighted by Crippen LogP contribution is 2.36. The van der Waals surface area contributed by atoms with Gasteiger partial charge in [0.2, 0.25) is 0 Å². The Labute approximate surface area is 110 Å². The van der Waals surface area contributed by atoms with E-state index < -0.39 is 0 Å². The van der Waals surface area contributed by atoms with E-state index in [1.807, 2.05) is 0 Å². The lowest BCUT2D eigenvalue weighted by Gasteiger charge is -2.13. The maximum atomic E-state index is 6.01. The number of hydrogen-bond donors (Lipinski definition) is 1. The van der Waals surface area contributed by atoms with Crippen LogP contribution < -0.4 is 10.1 Å². The Hall–Kier alpha value is -0.150. The van der Waals surface area contributed by atoms with Crippen LogP contribution in [0, 0.1) is 5.92 Å². The number of rotatable bonds is 3. The maximum Gasteiger partial charge on any atom is 0.156 e. The van der Waals surface area contributed by atoms with Crippen molar-refractivity contribution in [1.29, 1.82) is 0 Å². The molecule has 0 aromatic heterocycles. The normalized spacial score (nSPS) is 20.1. The van der Waals surface area contributed by atoms with Crippen molar-refractivity contribution in [1.82, 2.24) is 5.32 Å². The second-order valence-corrected chi connectivity index (χ2v) is 5.12. The number of hydrogen-bond acceptors (Lipinski definition) is 2. The lowest BCUT2D eigenvalue weighted by atomic mass is 10.1. The van der Waals surface area contributed by atoms with E-state index in [4.69, 9.17) is 39.5 Å². The molecule has 2 nitrogen and oxygen atoms in total. The number of halogens is 3. The molecule has 1 N–H and O–H groups in total. The summed E-state index contributed by atoms with van der Waals surface area (Å²) in [6.45, 7) is 2.67. The Morgan fingerprint density at radius 1 is 1.25 bits per heavy atom. The van der Waals surface area contributed by atoms with E-state index in [1.54, 1.807) is 12.1 Å². The zero-order valence-corrected chi connectivity index (χ0v) is 10.9. The molecule has 0 amide bonds. The standard InChI is InChI=1S/C11H12Cl3NO/c12-8-3-9(13)11(10(14)4-8)16-6-7-1-2-15-5-7/h3-4,7,15H,1-2,5-6H2. The first-order chi connectivity index (χ1) is 7.66. The highest BCUT2D eigenvalue weighted by atomic mass is 35.5. The minimum atomic E-state index is 0.462. The van der Waals surface area contributed by atoms with Crippen molar-refractivity contribution in [2.45, 2.75) is 6.42 Å². The Kier molecular flexibility index (Phi) is 4.20. The summed E-state index contributed by atoms with van der Waals surface area (Å²) in [4.78, 5) is 0. The SMILES string of the molecule is Clc1cc(Cl)c(OCC2CCNC2)c(Cl)c1. The average molecular weight is 281 g/mol. The van der Waals surface area contributed by atoms with E-state index in [0.29, 0.717) is 33.3 Å². The van der Waals surface area contributed by atoms with Crippen molar-refractivity contribution in [3.63, 3.8) is 0 Å². The van der Waals surface area contributed by atoms with Gasteiger partial charge in [0.1, 0.15) is 0 Å². The van der Waals surface area contributed by atoms with Crippen LogP contribution in [0.2, 0.25) is 15.1 Å². The van der Waals surface area contributed by atoms with Crippen LogP contribution in [0.5, 0.6) is 5.75 Å². The summed E-state index contributed by atoms with van der Waals surface area (Å²) in [5.41, 5.74) is 0. The first-order valence-corrected chi connectivity index (χ1v) is 6.28. The number of nitrogens with one attached hydrogen (secondary N) is 1. The van der Waals surface area contributed by atoms with E-state index in [1.165, 1.54) is 0 Å². The molecule has 2 rings (SSSR count). The van der Waals surface area contributed by atoms with Crippen LogP contribution in [0.3, 0.4) is 0 Å². The molecule has 1 aliphatic heterocycles. The van der Waals surface area contributed by atoms with Gasteiger partial charge < -0.3 is 10.1 Å². The lowest BCUT2D eigenvalue weighted by Crippen LogP contribution is -2.15. The second-order valence-electron chi connectivity index (χ2n) is 3.87. The van der Waals surface area contributed by atoms with Gasteiger partial charge in [-0.25, -0.2) is 0 Å². The number of benzene rings is 1. The highest BCUT2D eigenvalue weighted by molar-refractivity contribution is 6.40. The molecule has 0 aliphatic carbocycles. The summed E-state index contributed by atoms with van der Waals surface area (Å²) >= 11 is 17.8. The molecule has 1 unspecified atom stereocenters. The van der Waals surface area contributed by atoms with E-state index in [-0.39, 0.29) is 0 Å². The first kappa shape index (κ1) is 12.3. The van der Waals surface area contributed by atoms with Crippen LogP contribution in [-0.2, 0) is 0 Å². The van der Waals surface area contributed by atoms with Crippen molar-refractivity contribution < 1.29 is 4.74 Å². The van der Waals surface area contributed by atoms with E-state index >= 15 is 0 Å². The molecule has 1 aliphatic rings. The fraction of sp³-hybridized carbons (Fsp3) is 0.455. The largest absolute Gasteiger partial charge is 0.490 e. The van der Waals surface area contributed by atoms with Gasteiger partial charge in [-0.2, -0.15) is 0 Å². The highest BCUT2D eigenvalue weighted by Gasteiger charge is 2.17. The molecular weight excluding hydrogens is 268 g/mol. The molecule has 1 atom stereocenters. The molecule has 0 spiro atoms. The molecule has 0 bridgehead atoms. The zero-order valence-electron chi connectivity index (χ0n) is 8.60. The fourth-order valence-corrected chi connectivity index (χ4v) is 2.65. The molecule has 1 fully saturated rings. The minimum Gasteiger partial charge on any atom is -0.490 e. The molecule has 1 saturated heterocycles. The van der Waals surface area contributed by atoms with Crippen LogP contribution in [-0.4, -0.2) is 19.7 Å². The third-order valence-electron chi connectivity index (χ3n) is 2.59. The van der Waals surface area contributed by atoms with Crippen LogP contribution >= 0.6 is 34.8 Å². The van der Waals surface area contributed by atoms with Gasteiger partial charge in [-0.05, 0) is 25.1 Å². The summed E-state index contributed by atoms with van der Waals surface area (Å²) in [5, 5.41) is 4.72. The first-order valence-electron chi connectivity index (χ1n) is 5.15. The summed E-state index contributed by atoms with van der Waals surface area (Å²) in [5.74, 6) is 1.06. The van der Waals surface area contributed by atoms with Crippen LogP contribution in [0.4, 0.5) is 0 Å². The Morgan fingerprint density at radius 3 is 2.50 bits per heavy atom. The summed E-state index contributed by atoms with van der Waals surface area (Å²) < 4.78 is 5.64. The van der Waals surface area contributed by atoms with Gasteiger partial charge in [-0.15, -0.1) is 0 Å². The summed E-state index contributed by atoms with van der Waals surface area (Å²) in [6.07, 6.45) is 1.13. The molecule has 0 radical (unpaired) electrons. The molecule has 1 aromatic rings. The van der Waals surface area contributed by atoms with Gasteiger partial charge in [0.15, 0.2) is 5.75 Å². The second kappa shape index (κ2) is 5.46. The third kappa shape index (κ3) is 2.95. The average Bonchev–Trinajstić information content (AvgIpc) is 2.68. The molecular formula is C11H12Cl3NO. The van der Waals surface area contributed by atoms with E-state index in [0.717, 1.165) is 19.5 Å². The zero-order chi connectivity index (χ0) is 11.5. The minimum absolute atomic E-state index is 0.462. The monoisotopic (exact) mass is 279 g/mol. The maximum absolute atomic E-state index is 6.01.